The minimum atomic E-state index is -1.14. The molecule has 1 heterocycles. The summed E-state index contributed by atoms with van der Waals surface area (Å²) in [4.78, 5) is 7.85. The Hall–Kier alpha value is -1.40. The highest BCUT2D eigenvalue weighted by Gasteiger charge is 2.31. The van der Waals surface area contributed by atoms with Crippen molar-refractivity contribution in [1.82, 2.24) is 9.97 Å². The Morgan fingerprint density at radius 1 is 1.38 bits per heavy atom. The van der Waals surface area contributed by atoms with Crippen molar-refractivity contribution in [3.05, 3.63) is 24.3 Å². The van der Waals surface area contributed by atoms with E-state index in [4.69, 9.17) is 0 Å². The van der Waals surface area contributed by atoms with Crippen molar-refractivity contribution in [1.29, 1.82) is 0 Å². The van der Waals surface area contributed by atoms with Crippen LogP contribution >= 0.6 is 0 Å². The second kappa shape index (κ2) is 5.62. The van der Waals surface area contributed by atoms with Crippen LogP contribution in [0.15, 0.2) is 18.7 Å². The van der Waals surface area contributed by atoms with Gasteiger partial charge in [-0.2, -0.15) is 0 Å². The van der Waals surface area contributed by atoms with Crippen LogP contribution in [0.5, 0.6) is 0 Å². The molecule has 3 heteroatoms. The average molecular weight is 218 g/mol. The van der Waals surface area contributed by atoms with E-state index >= 15 is 0 Å². The smallest absolute Gasteiger partial charge is 0.156 e. The van der Waals surface area contributed by atoms with E-state index in [1.807, 2.05) is 13.8 Å². The maximum Gasteiger partial charge on any atom is 0.156 e. The Labute approximate surface area is 96.9 Å². The molecular formula is C13H18N2O. The Kier molecular flexibility index (Phi) is 4.45. The predicted molar refractivity (Wildman–Crippen MR) is 63.5 cm³/mol. The average Bonchev–Trinajstić information content (AvgIpc) is 2.30. The second-order valence-corrected chi connectivity index (χ2v) is 4.10. The molecule has 0 radical (unpaired) electrons. The largest absolute Gasteiger partial charge is 0.373 e. The first kappa shape index (κ1) is 12.7. The molecule has 3 nitrogen and oxygen atoms in total. The lowest BCUT2D eigenvalue weighted by molar-refractivity contribution is 0.0495. The van der Waals surface area contributed by atoms with Crippen LogP contribution in [0.3, 0.4) is 0 Å². The second-order valence-electron chi connectivity index (χ2n) is 4.10. The van der Waals surface area contributed by atoms with Gasteiger partial charge in [-0.1, -0.05) is 32.6 Å². The highest BCUT2D eigenvalue weighted by atomic mass is 16.3. The molecule has 0 saturated carbocycles. The molecular weight excluding hydrogens is 200 g/mol. The molecule has 1 atom stereocenters. The highest BCUT2D eigenvalue weighted by molar-refractivity contribution is 5.28. The summed E-state index contributed by atoms with van der Waals surface area (Å²) in [6.07, 6.45) is 6.47. The first-order valence-corrected chi connectivity index (χ1v) is 5.59. The third-order valence-corrected chi connectivity index (χ3v) is 2.49. The lowest BCUT2D eigenvalue weighted by Gasteiger charge is -2.26. The van der Waals surface area contributed by atoms with Crippen LogP contribution in [0.1, 0.15) is 39.2 Å². The third-order valence-electron chi connectivity index (χ3n) is 2.49. The van der Waals surface area contributed by atoms with E-state index in [2.05, 4.69) is 28.7 Å². The number of hydrogen-bond donors (Lipinski definition) is 1. The van der Waals surface area contributed by atoms with Gasteiger partial charge in [0, 0.05) is 24.4 Å². The van der Waals surface area contributed by atoms with Gasteiger partial charge < -0.3 is 5.11 Å². The maximum atomic E-state index is 10.5. The van der Waals surface area contributed by atoms with E-state index in [0.29, 0.717) is 5.56 Å². The van der Waals surface area contributed by atoms with Crippen LogP contribution in [0, 0.1) is 17.8 Å². The summed E-state index contributed by atoms with van der Waals surface area (Å²) in [6.45, 7) is 5.94. The van der Waals surface area contributed by atoms with Gasteiger partial charge in [0.2, 0.25) is 0 Å². The third kappa shape index (κ3) is 2.80. The summed E-state index contributed by atoms with van der Waals surface area (Å²) >= 11 is 0. The van der Waals surface area contributed by atoms with Crippen molar-refractivity contribution >= 4 is 0 Å². The number of aromatic nitrogens is 2. The van der Waals surface area contributed by atoms with Crippen LogP contribution in [0.25, 0.3) is 0 Å². The van der Waals surface area contributed by atoms with E-state index in [9.17, 15) is 5.11 Å². The quantitative estimate of drug-likeness (QED) is 0.790. The van der Waals surface area contributed by atoms with Crippen LogP contribution in [0.4, 0.5) is 0 Å². The molecule has 0 fully saturated rings. The lowest BCUT2D eigenvalue weighted by atomic mass is 9.85. The number of unbranched alkanes of at least 4 members (excludes halogenated alkanes) is 1. The van der Waals surface area contributed by atoms with Gasteiger partial charge in [0.1, 0.15) is 6.33 Å². The van der Waals surface area contributed by atoms with Crippen LogP contribution < -0.4 is 0 Å². The molecule has 16 heavy (non-hydrogen) atoms. The minimum absolute atomic E-state index is 0.00264. The molecule has 1 rings (SSSR count). The minimum Gasteiger partial charge on any atom is -0.373 e. The zero-order chi connectivity index (χ0) is 12.0. The monoisotopic (exact) mass is 218 g/mol. The SMILES string of the molecule is CCCC#CC(O)(c1cncnc1)C(C)C. The van der Waals surface area contributed by atoms with Crippen LogP contribution in [-0.4, -0.2) is 15.1 Å². The van der Waals surface area contributed by atoms with Crippen LogP contribution in [0.2, 0.25) is 0 Å². The van der Waals surface area contributed by atoms with Crippen molar-refractivity contribution in [2.75, 3.05) is 0 Å². The summed E-state index contributed by atoms with van der Waals surface area (Å²) in [5.41, 5.74) is -0.482. The van der Waals surface area contributed by atoms with E-state index in [1.54, 1.807) is 12.4 Å². The molecule has 0 spiro atoms. The molecule has 0 bridgehead atoms. The first-order chi connectivity index (χ1) is 7.61. The van der Waals surface area contributed by atoms with Gasteiger partial charge >= 0.3 is 0 Å². The lowest BCUT2D eigenvalue weighted by Crippen LogP contribution is -2.30. The zero-order valence-corrected chi connectivity index (χ0v) is 10.1. The first-order valence-electron chi connectivity index (χ1n) is 5.59. The molecule has 0 aromatic carbocycles. The fourth-order valence-corrected chi connectivity index (χ4v) is 1.37. The number of hydrogen-bond acceptors (Lipinski definition) is 3. The summed E-state index contributed by atoms with van der Waals surface area (Å²) in [6, 6.07) is 0. The fraction of sp³-hybridized carbons (Fsp3) is 0.538. The number of aliphatic hydroxyl groups is 1. The predicted octanol–water partition coefficient (Wildman–Crippen LogP) is 2.12. The van der Waals surface area contributed by atoms with Gasteiger partial charge in [0.25, 0.3) is 0 Å². The van der Waals surface area contributed by atoms with Gasteiger partial charge in [-0.25, -0.2) is 9.97 Å². The van der Waals surface area contributed by atoms with E-state index in [1.165, 1.54) is 6.33 Å². The number of nitrogens with zero attached hydrogens (tertiary/aromatic N) is 2. The summed E-state index contributed by atoms with van der Waals surface area (Å²) < 4.78 is 0. The molecule has 1 N–H and O–H groups in total. The van der Waals surface area contributed by atoms with Crippen molar-refractivity contribution < 1.29 is 5.11 Å². The summed E-state index contributed by atoms with van der Waals surface area (Å²) in [7, 11) is 0. The van der Waals surface area contributed by atoms with Crippen LogP contribution in [-0.2, 0) is 5.60 Å². The van der Waals surface area contributed by atoms with E-state index in [0.717, 1.165) is 12.8 Å². The topological polar surface area (TPSA) is 46.0 Å². The molecule has 1 aromatic rings. The van der Waals surface area contributed by atoms with Gasteiger partial charge in [-0.3, -0.25) is 0 Å². The fourth-order valence-electron chi connectivity index (χ4n) is 1.37. The molecule has 1 unspecified atom stereocenters. The van der Waals surface area contributed by atoms with Gasteiger partial charge in [0.05, 0.1) is 0 Å². The molecule has 0 saturated heterocycles. The molecule has 1 aromatic heterocycles. The molecule has 0 aliphatic carbocycles. The standard InChI is InChI=1S/C13H18N2O/c1-4-5-6-7-13(16,11(2)3)12-8-14-10-15-9-12/h8-11,16H,4-5H2,1-3H3. The van der Waals surface area contributed by atoms with Gasteiger partial charge in [0.15, 0.2) is 5.60 Å². The maximum absolute atomic E-state index is 10.5. The Bertz CT molecular complexity index is 378. The normalized spacial score (nSPS) is 14.1. The molecule has 0 aliphatic rings. The Morgan fingerprint density at radius 2 is 2.00 bits per heavy atom. The Balaban J connectivity index is 3.04. The highest BCUT2D eigenvalue weighted by Crippen LogP contribution is 2.27. The molecule has 0 amide bonds. The Morgan fingerprint density at radius 3 is 2.50 bits per heavy atom. The van der Waals surface area contributed by atoms with Crippen molar-refractivity contribution in [3.63, 3.8) is 0 Å². The molecule has 0 aliphatic heterocycles. The molecule has 86 valence electrons. The van der Waals surface area contributed by atoms with Gasteiger partial charge in [-0.05, 0) is 12.3 Å². The van der Waals surface area contributed by atoms with Gasteiger partial charge in [-0.15, -0.1) is 0 Å². The zero-order valence-electron chi connectivity index (χ0n) is 10.1. The summed E-state index contributed by atoms with van der Waals surface area (Å²) in [5.74, 6) is 5.94. The van der Waals surface area contributed by atoms with E-state index in [-0.39, 0.29) is 5.92 Å². The number of rotatable bonds is 3. The van der Waals surface area contributed by atoms with E-state index < -0.39 is 5.60 Å². The van der Waals surface area contributed by atoms with Crippen molar-refractivity contribution in [2.45, 2.75) is 39.2 Å². The van der Waals surface area contributed by atoms with Crippen molar-refractivity contribution in [3.8, 4) is 11.8 Å². The van der Waals surface area contributed by atoms with Crippen molar-refractivity contribution in [2.24, 2.45) is 5.92 Å². The summed E-state index contributed by atoms with van der Waals surface area (Å²) in [5, 5.41) is 10.5.